The summed E-state index contributed by atoms with van der Waals surface area (Å²) in [6.45, 7) is 3.03. The fourth-order valence-electron chi connectivity index (χ4n) is 1.37. The van der Waals surface area contributed by atoms with Crippen LogP contribution in [-0.2, 0) is 0 Å². The molecule has 0 unspecified atom stereocenters. The summed E-state index contributed by atoms with van der Waals surface area (Å²) in [7, 11) is 3.43. The van der Waals surface area contributed by atoms with E-state index in [4.69, 9.17) is 16.3 Å². The number of halogens is 1. The lowest BCUT2D eigenvalue weighted by molar-refractivity contribution is 0.373. The summed E-state index contributed by atoms with van der Waals surface area (Å²) >= 11 is 5.97. The van der Waals surface area contributed by atoms with Gasteiger partial charge in [-0.1, -0.05) is 18.5 Å². The van der Waals surface area contributed by atoms with Crippen LogP contribution in [0.25, 0.3) is 0 Å². The fourth-order valence-corrected chi connectivity index (χ4v) is 1.57. The standard InChI is InChI=1S/C12H17ClN2O2/c1-4-5-15(2)8-14-10-7-12(17-3)11(16)6-9(10)13/h6-8,16H,4-5H2,1-3H3. The van der Waals surface area contributed by atoms with E-state index >= 15 is 0 Å². The Bertz CT molecular complexity index is 408. The maximum atomic E-state index is 9.51. The highest BCUT2D eigenvalue weighted by Gasteiger charge is 2.07. The van der Waals surface area contributed by atoms with Crippen LogP contribution in [0.4, 0.5) is 5.69 Å². The van der Waals surface area contributed by atoms with Crippen molar-refractivity contribution in [2.75, 3.05) is 20.7 Å². The monoisotopic (exact) mass is 256 g/mol. The van der Waals surface area contributed by atoms with Gasteiger partial charge in [-0.25, -0.2) is 4.99 Å². The van der Waals surface area contributed by atoms with Crippen LogP contribution < -0.4 is 4.74 Å². The van der Waals surface area contributed by atoms with Gasteiger partial charge in [-0.3, -0.25) is 0 Å². The number of hydrogen-bond acceptors (Lipinski definition) is 3. The molecule has 1 rings (SSSR count). The molecule has 5 heteroatoms. The van der Waals surface area contributed by atoms with E-state index in [0.29, 0.717) is 16.5 Å². The highest BCUT2D eigenvalue weighted by Crippen LogP contribution is 2.36. The number of phenolic OH excluding ortho intramolecular Hbond substituents is 1. The average Bonchev–Trinajstić information content (AvgIpc) is 2.28. The predicted octanol–water partition coefficient (Wildman–Crippen LogP) is 3.06. The molecule has 94 valence electrons. The third-order valence-corrected chi connectivity index (χ3v) is 2.52. The smallest absolute Gasteiger partial charge is 0.162 e. The molecule has 0 saturated heterocycles. The van der Waals surface area contributed by atoms with Crippen molar-refractivity contribution in [3.05, 3.63) is 17.2 Å². The number of aliphatic imine (C=N–C) groups is 1. The van der Waals surface area contributed by atoms with Crippen molar-refractivity contribution < 1.29 is 9.84 Å². The zero-order chi connectivity index (χ0) is 12.8. The molecule has 1 aromatic rings. The molecule has 4 nitrogen and oxygen atoms in total. The van der Waals surface area contributed by atoms with Gasteiger partial charge in [0.2, 0.25) is 0 Å². The van der Waals surface area contributed by atoms with Crippen LogP contribution in [0.1, 0.15) is 13.3 Å². The third-order valence-electron chi connectivity index (χ3n) is 2.22. The minimum Gasteiger partial charge on any atom is -0.504 e. The minimum absolute atomic E-state index is 0.0124. The van der Waals surface area contributed by atoms with Crippen LogP contribution in [0.5, 0.6) is 11.5 Å². The Morgan fingerprint density at radius 3 is 2.82 bits per heavy atom. The highest BCUT2D eigenvalue weighted by molar-refractivity contribution is 6.33. The molecule has 0 bridgehead atoms. The molecular formula is C12H17ClN2O2. The number of aromatic hydroxyl groups is 1. The van der Waals surface area contributed by atoms with Gasteiger partial charge >= 0.3 is 0 Å². The molecule has 0 aliphatic rings. The first-order valence-electron chi connectivity index (χ1n) is 5.39. The second-order valence-corrected chi connectivity index (χ2v) is 4.11. The van der Waals surface area contributed by atoms with E-state index in [0.717, 1.165) is 13.0 Å². The summed E-state index contributed by atoms with van der Waals surface area (Å²) in [6.07, 6.45) is 2.76. The van der Waals surface area contributed by atoms with E-state index in [2.05, 4.69) is 11.9 Å². The topological polar surface area (TPSA) is 45.1 Å². The number of benzene rings is 1. The number of rotatable bonds is 5. The van der Waals surface area contributed by atoms with Crippen molar-refractivity contribution >= 4 is 23.6 Å². The Balaban J connectivity index is 2.90. The van der Waals surface area contributed by atoms with Crippen LogP contribution in [0, 0.1) is 0 Å². The van der Waals surface area contributed by atoms with Crippen LogP contribution >= 0.6 is 11.6 Å². The molecule has 0 saturated carbocycles. The van der Waals surface area contributed by atoms with Crippen molar-refractivity contribution in [2.24, 2.45) is 4.99 Å². The number of ether oxygens (including phenoxy) is 1. The summed E-state index contributed by atoms with van der Waals surface area (Å²) in [4.78, 5) is 6.22. The zero-order valence-corrected chi connectivity index (χ0v) is 11.0. The SMILES string of the molecule is CCCN(C)C=Nc1cc(OC)c(O)cc1Cl. The van der Waals surface area contributed by atoms with Gasteiger partial charge in [0, 0.05) is 25.7 Å². The van der Waals surface area contributed by atoms with Gasteiger partial charge in [-0.05, 0) is 6.42 Å². The van der Waals surface area contributed by atoms with Crippen molar-refractivity contribution in [2.45, 2.75) is 13.3 Å². The van der Waals surface area contributed by atoms with Gasteiger partial charge in [0.15, 0.2) is 11.5 Å². The summed E-state index contributed by atoms with van der Waals surface area (Å²) in [6, 6.07) is 3.03. The van der Waals surface area contributed by atoms with Crippen molar-refractivity contribution in [1.82, 2.24) is 4.90 Å². The molecule has 0 heterocycles. The van der Waals surface area contributed by atoms with Crippen LogP contribution in [0.2, 0.25) is 5.02 Å². The van der Waals surface area contributed by atoms with Crippen molar-refractivity contribution in [1.29, 1.82) is 0 Å². The normalized spacial score (nSPS) is 10.8. The summed E-state index contributed by atoms with van der Waals surface area (Å²) in [5.41, 5.74) is 0.573. The van der Waals surface area contributed by atoms with Gasteiger partial charge in [0.05, 0.1) is 24.2 Å². The first-order chi connectivity index (χ1) is 8.08. The van der Waals surface area contributed by atoms with Gasteiger partial charge < -0.3 is 14.7 Å². The molecule has 0 radical (unpaired) electrons. The second kappa shape index (κ2) is 6.35. The largest absolute Gasteiger partial charge is 0.504 e. The first-order valence-corrected chi connectivity index (χ1v) is 5.77. The lowest BCUT2D eigenvalue weighted by Crippen LogP contribution is -2.16. The fraction of sp³-hybridized carbons (Fsp3) is 0.417. The summed E-state index contributed by atoms with van der Waals surface area (Å²) in [5, 5.41) is 9.90. The maximum Gasteiger partial charge on any atom is 0.162 e. The van der Waals surface area contributed by atoms with E-state index in [1.165, 1.54) is 13.2 Å². The van der Waals surface area contributed by atoms with Crippen molar-refractivity contribution in [3.63, 3.8) is 0 Å². The average molecular weight is 257 g/mol. The molecule has 0 aromatic heterocycles. The summed E-state index contributed by atoms with van der Waals surface area (Å²) in [5.74, 6) is 0.373. The second-order valence-electron chi connectivity index (χ2n) is 3.70. The third kappa shape index (κ3) is 3.82. The number of nitrogens with zero attached hydrogens (tertiary/aromatic N) is 2. The number of methoxy groups -OCH3 is 1. The molecule has 0 fully saturated rings. The molecule has 1 aromatic carbocycles. The summed E-state index contributed by atoms with van der Waals surface area (Å²) < 4.78 is 5.00. The lowest BCUT2D eigenvalue weighted by Gasteiger charge is -2.11. The zero-order valence-electron chi connectivity index (χ0n) is 10.3. The Labute approximate surface area is 106 Å². The van der Waals surface area contributed by atoms with Gasteiger partial charge in [0.25, 0.3) is 0 Å². The van der Waals surface area contributed by atoms with E-state index in [1.54, 1.807) is 12.4 Å². The Morgan fingerprint density at radius 2 is 2.24 bits per heavy atom. The molecule has 0 aliphatic carbocycles. The lowest BCUT2D eigenvalue weighted by atomic mass is 10.3. The molecule has 1 N–H and O–H groups in total. The van der Waals surface area contributed by atoms with E-state index in [1.807, 2.05) is 11.9 Å². The predicted molar refractivity (Wildman–Crippen MR) is 70.7 cm³/mol. The quantitative estimate of drug-likeness (QED) is 0.651. The van der Waals surface area contributed by atoms with Crippen molar-refractivity contribution in [3.8, 4) is 11.5 Å². The van der Waals surface area contributed by atoms with Gasteiger partial charge in [-0.2, -0.15) is 0 Å². The maximum absolute atomic E-state index is 9.51. The highest BCUT2D eigenvalue weighted by atomic mass is 35.5. The van der Waals surface area contributed by atoms with E-state index in [9.17, 15) is 5.11 Å². The van der Waals surface area contributed by atoms with Crippen LogP contribution in [0.15, 0.2) is 17.1 Å². The molecule has 0 aliphatic heterocycles. The molecule has 0 atom stereocenters. The number of hydrogen-bond donors (Lipinski definition) is 1. The van der Waals surface area contributed by atoms with Gasteiger partial charge in [0.1, 0.15) is 0 Å². The van der Waals surface area contributed by atoms with E-state index < -0.39 is 0 Å². The molecule has 0 amide bonds. The van der Waals surface area contributed by atoms with Gasteiger partial charge in [-0.15, -0.1) is 0 Å². The molecule has 17 heavy (non-hydrogen) atoms. The van der Waals surface area contributed by atoms with Crippen LogP contribution in [0.3, 0.4) is 0 Å². The Kier molecular flexibility index (Phi) is 5.10. The Hall–Kier alpha value is -1.42. The Morgan fingerprint density at radius 1 is 1.53 bits per heavy atom. The number of phenols is 1. The van der Waals surface area contributed by atoms with E-state index in [-0.39, 0.29) is 5.75 Å². The molecular weight excluding hydrogens is 240 g/mol. The first kappa shape index (κ1) is 13.6. The minimum atomic E-state index is 0.0124. The molecule has 0 spiro atoms. The van der Waals surface area contributed by atoms with Crippen LogP contribution in [-0.4, -0.2) is 37.0 Å².